The van der Waals surface area contributed by atoms with Crippen LogP contribution in [0.25, 0.3) is 6.08 Å². The van der Waals surface area contributed by atoms with Crippen molar-refractivity contribution in [3.05, 3.63) is 52.4 Å². The Morgan fingerprint density at radius 1 is 1.17 bits per heavy atom. The van der Waals surface area contributed by atoms with Gasteiger partial charge in [0.2, 0.25) is 5.91 Å². The van der Waals surface area contributed by atoms with E-state index in [0.29, 0.717) is 17.3 Å². The van der Waals surface area contributed by atoms with E-state index < -0.39 is 5.91 Å². The van der Waals surface area contributed by atoms with Gasteiger partial charge in [-0.25, -0.2) is 0 Å². The molecule has 0 saturated carbocycles. The number of carbonyl (C=O) groups excluding carboxylic acids is 2. The monoisotopic (exact) mass is 392 g/mol. The molecular weight excluding hydrogens is 364 g/mol. The minimum atomic E-state index is -0.482. The number of aromatic nitrogens is 1. The van der Waals surface area contributed by atoms with Crippen LogP contribution in [0.1, 0.15) is 43.3 Å². The first-order chi connectivity index (χ1) is 13.6. The van der Waals surface area contributed by atoms with Crippen LogP contribution in [0.4, 0.5) is 11.4 Å². The smallest absolute Gasteiger partial charge is 0.266 e. The first-order valence-corrected chi connectivity index (χ1v) is 9.61. The predicted octanol–water partition coefficient (Wildman–Crippen LogP) is 4.57. The molecule has 0 radical (unpaired) electrons. The molecule has 2 rings (SSSR count). The Hall–Kier alpha value is -3.33. The van der Waals surface area contributed by atoms with Gasteiger partial charge in [0.25, 0.3) is 5.91 Å². The summed E-state index contributed by atoms with van der Waals surface area (Å²) in [5, 5.41) is 15.1. The second-order valence-electron chi connectivity index (χ2n) is 7.61. The van der Waals surface area contributed by atoms with E-state index in [9.17, 15) is 14.9 Å². The van der Waals surface area contributed by atoms with E-state index in [1.807, 2.05) is 26.0 Å². The largest absolute Gasteiger partial charge is 0.348 e. The van der Waals surface area contributed by atoms with Crippen molar-refractivity contribution >= 4 is 29.3 Å². The van der Waals surface area contributed by atoms with Gasteiger partial charge in [0.1, 0.15) is 11.6 Å². The molecule has 6 nitrogen and oxygen atoms in total. The van der Waals surface area contributed by atoms with Crippen molar-refractivity contribution < 1.29 is 9.59 Å². The standard InChI is InChI=1S/C23H28N4O2/c1-14(2)13-27-15(3)10-19(17(27)5)11-20(12-24)23(29)26-22-9-7-8-21(16(22)4)25-18(6)28/h7-11,14H,13H2,1-6H3,(H,25,28)(H,26,29)/b20-11+. The molecule has 0 aliphatic heterocycles. The fraction of sp³-hybridized carbons (Fsp3) is 0.348. The molecule has 29 heavy (non-hydrogen) atoms. The third-order valence-electron chi connectivity index (χ3n) is 4.72. The van der Waals surface area contributed by atoms with Crippen molar-refractivity contribution in [1.82, 2.24) is 4.57 Å². The Labute approximate surface area is 172 Å². The molecule has 0 atom stereocenters. The molecule has 0 bridgehead atoms. The average molecular weight is 393 g/mol. The summed E-state index contributed by atoms with van der Waals surface area (Å²) >= 11 is 0. The van der Waals surface area contributed by atoms with Gasteiger partial charge in [0.15, 0.2) is 0 Å². The van der Waals surface area contributed by atoms with Gasteiger partial charge in [0, 0.05) is 36.2 Å². The van der Waals surface area contributed by atoms with E-state index in [-0.39, 0.29) is 11.5 Å². The number of hydrogen-bond acceptors (Lipinski definition) is 3. The van der Waals surface area contributed by atoms with Crippen LogP contribution in [0, 0.1) is 38.0 Å². The van der Waals surface area contributed by atoms with E-state index in [4.69, 9.17) is 0 Å². The molecule has 1 aromatic heterocycles. The van der Waals surface area contributed by atoms with Crippen molar-refractivity contribution in [2.24, 2.45) is 5.92 Å². The van der Waals surface area contributed by atoms with Crippen LogP contribution in [0.3, 0.4) is 0 Å². The van der Waals surface area contributed by atoms with Gasteiger partial charge in [-0.1, -0.05) is 19.9 Å². The number of carbonyl (C=O) groups is 2. The van der Waals surface area contributed by atoms with Crippen LogP contribution in [0.5, 0.6) is 0 Å². The van der Waals surface area contributed by atoms with E-state index in [2.05, 4.69) is 29.0 Å². The maximum atomic E-state index is 12.7. The molecular formula is C23H28N4O2. The molecule has 1 aromatic carbocycles. The molecule has 2 amide bonds. The van der Waals surface area contributed by atoms with Gasteiger partial charge in [-0.3, -0.25) is 9.59 Å². The van der Waals surface area contributed by atoms with Gasteiger partial charge in [-0.15, -0.1) is 0 Å². The lowest BCUT2D eigenvalue weighted by atomic mass is 10.1. The zero-order chi connectivity index (χ0) is 21.7. The molecule has 0 saturated heterocycles. The molecule has 0 unspecified atom stereocenters. The first kappa shape index (κ1) is 22.0. The lowest BCUT2D eigenvalue weighted by Gasteiger charge is -2.13. The molecule has 2 N–H and O–H groups in total. The highest BCUT2D eigenvalue weighted by molar-refractivity contribution is 6.10. The van der Waals surface area contributed by atoms with Gasteiger partial charge < -0.3 is 15.2 Å². The van der Waals surface area contributed by atoms with Crippen LogP contribution in [0.2, 0.25) is 0 Å². The van der Waals surface area contributed by atoms with E-state index in [1.54, 1.807) is 31.2 Å². The second-order valence-corrected chi connectivity index (χ2v) is 7.61. The van der Waals surface area contributed by atoms with Crippen LogP contribution in [-0.4, -0.2) is 16.4 Å². The Kier molecular flexibility index (Phi) is 7.00. The maximum Gasteiger partial charge on any atom is 0.266 e. The Bertz CT molecular complexity index is 1010. The number of nitrogens with one attached hydrogen (secondary N) is 2. The summed E-state index contributed by atoms with van der Waals surface area (Å²) in [6.45, 7) is 12.4. The van der Waals surface area contributed by atoms with Crippen molar-refractivity contribution in [3.8, 4) is 6.07 Å². The molecule has 0 spiro atoms. The highest BCUT2D eigenvalue weighted by atomic mass is 16.2. The van der Waals surface area contributed by atoms with Crippen molar-refractivity contribution in [2.45, 2.75) is 48.1 Å². The third kappa shape index (κ3) is 5.35. The number of aryl methyl sites for hydroxylation is 1. The fourth-order valence-electron chi connectivity index (χ4n) is 3.21. The van der Waals surface area contributed by atoms with Crippen LogP contribution in [0.15, 0.2) is 29.8 Å². The number of anilines is 2. The van der Waals surface area contributed by atoms with E-state index in [1.165, 1.54) is 6.92 Å². The Morgan fingerprint density at radius 2 is 1.79 bits per heavy atom. The molecule has 2 aromatic rings. The van der Waals surface area contributed by atoms with Gasteiger partial charge in [-0.2, -0.15) is 5.26 Å². The molecule has 0 aliphatic carbocycles. The quantitative estimate of drug-likeness (QED) is 0.557. The topological polar surface area (TPSA) is 86.9 Å². The van der Waals surface area contributed by atoms with Crippen molar-refractivity contribution in [3.63, 3.8) is 0 Å². The zero-order valence-corrected chi connectivity index (χ0v) is 17.9. The SMILES string of the molecule is CC(=O)Nc1cccc(NC(=O)/C(C#N)=C/c2cc(C)n(CC(C)C)c2C)c1C. The minimum absolute atomic E-state index is 0.0270. The number of rotatable bonds is 6. The molecule has 1 heterocycles. The lowest BCUT2D eigenvalue weighted by Crippen LogP contribution is -2.15. The number of nitrogens with zero attached hydrogens (tertiary/aromatic N) is 2. The summed E-state index contributed by atoms with van der Waals surface area (Å²) in [7, 11) is 0. The van der Waals surface area contributed by atoms with Gasteiger partial charge in [0.05, 0.1) is 0 Å². The number of nitriles is 1. The molecule has 152 valence electrons. The average Bonchev–Trinajstić information content (AvgIpc) is 2.89. The first-order valence-electron chi connectivity index (χ1n) is 9.61. The maximum absolute atomic E-state index is 12.7. The predicted molar refractivity (Wildman–Crippen MR) is 116 cm³/mol. The normalized spacial score (nSPS) is 11.3. The van der Waals surface area contributed by atoms with Crippen molar-refractivity contribution in [1.29, 1.82) is 5.26 Å². The van der Waals surface area contributed by atoms with Gasteiger partial charge in [-0.05, 0) is 62.1 Å². The summed E-state index contributed by atoms with van der Waals surface area (Å²) in [5.41, 5.74) is 4.91. The van der Waals surface area contributed by atoms with Crippen molar-refractivity contribution in [2.75, 3.05) is 10.6 Å². The minimum Gasteiger partial charge on any atom is -0.348 e. The third-order valence-corrected chi connectivity index (χ3v) is 4.72. The summed E-state index contributed by atoms with van der Waals surface area (Å²) in [4.78, 5) is 24.1. The van der Waals surface area contributed by atoms with Crippen LogP contribution >= 0.6 is 0 Å². The molecule has 6 heteroatoms. The highest BCUT2D eigenvalue weighted by Gasteiger charge is 2.15. The van der Waals surface area contributed by atoms with E-state index >= 15 is 0 Å². The zero-order valence-electron chi connectivity index (χ0n) is 17.9. The Morgan fingerprint density at radius 3 is 2.34 bits per heavy atom. The van der Waals surface area contributed by atoms with E-state index in [0.717, 1.165) is 29.1 Å². The summed E-state index contributed by atoms with van der Waals surface area (Å²) in [6, 6.07) is 9.23. The number of hydrogen-bond donors (Lipinski definition) is 2. The lowest BCUT2D eigenvalue weighted by molar-refractivity contribution is -0.114. The summed E-state index contributed by atoms with van der Waals surface area (Å²) in [5.74, 6) is -0.176. The second kappa shape index (κ2) is 9.24. The summed E-state index contributed by atoms with van der Waals surface area (Å²) in [6.07, 6.45) is 1.63. The molecule has 0 aliphatic rings. The fourth-order valence-corrected chi connectivity index (χ4v) is 3.21. The Balaban J connectivity index is 2.31. The molecule has 0 fully saturated rings. The van der Waals surface area contributed by atoms with Crippen LogP contribution in [-0.2, 0) is 16.1 Å². The number of amides is 2. The summed E-state index contributed by atoms with van der Waals surface area (Å²) < 4.78 is 2.20. The van der Waals surface area contributed by atoms with Crippen LogP contribution < -0.4 is 10.6 Å². The van der Waals surface area contributed by atoms with Gasteiger partial charge >= 0.3 is 0 Å². The highest BCUT2D eigenvalue weighted by Crippen LogP contribution is 2.25. The number of benzene rings is 1.